The zero-order chi connectivity index (χ0) is 19.3. The monoisotopic (exact) mass is 366 g/mol. The van der Waals surface area contributed by atoms with Crippen LogP contribution < -0.4 is 5.32 Å². The number of aliphatic carboxylic acids is 1. The molecular formula is C17H26N4O5. The predicted molar refractivity (Wildman–Crippen MR) is 92.2 cm³/mol. The Bertz CT molecular complexity index is 668. The molecule has 144 valence electrons. The Labute approximate surface area is 152 Å². The molecule has 0 bridgehead atoms. The summed E-state index contributed by atoms with van der Waals surface area (Å²) in [5, 5.41) is 29.4. The minimum Gasteiger partial charge on any atom is -0.478 e. The SMILES string of the molecule is CCC(CC)O[C@@H]1C=C(C(=O)O)C[C@H](n2cc(CO)nn2)[C@H]1NC(C)=O. The molecule has 9 heteroatoms. The van der Waals surface area contributed by atoms with Crippen molar-refractivity contribution in [2.45, 2.75) is 70.9 Å². The lowest BCUT2D eigenvalue weighted by Crippen LogP contribution is -2.52. The van der Waals surface area contributed by atoms with Gasteiger partial charge in [0.05, 0.1) is 37.1 Å². The van der Waals surface area contributed by atoms with Crippen molar-refractivity contribution in [3.05, 3.63) is 23.5 Å². The molecule has 1 aliphatic carbocycles. The molecule has 26 heavy (non-hydrogen) atoms. The third-order valence-electron chi connectivity index (χ3n) is 4.53. The fraction of sp³-hybridized carbons (Fsp3) is 0.647. The summed E-state index contributed by atoms with van der Waals surface area (Å²) in [5.74, 6) is -1.27. The summed E-state index contributed by atoms with van der Waals surface area (Å²) in [6.07, 6.45) is 4.19. The molecule has 0 spiro atoms. The molecule has 1 amide bonds. The van der Waals surface area contributed by atoms with E-state index in [1.165, 1.54) is 11.6 Å². The predicted octanol–water partition coefficient (Wildman–Crippen LogP) is 0.805. The second-order valence-electron chi connectivity index (χ2n) is 6.38. The standard InChI is InChI=1S/C17H26N4O5/c1-4-13(5-2)26-15-7-11(17(24)25)6-14(16(15)18-10(3)23)21-8-12(9-22)19-20-21/h7-8,13-16,22H,4-6,9H2,1-3H3,(H,18,23)(H,24,25)/t14-,15+,16+/m0/s1. The number of carboxylic acids is 1. The highest BCUT2D eigenvalue weighted by Gasteiger charge is 2.39. The number of rotatable bonds is 8. The largest absolute Gasteiger partial charge is 0.478 e. The topological polar surface area (TPSA) is 127 Å². The van der Waals surface area contributed by atoms with E-state index in [-0.39, 0.29) is 30.6 Å². The quantitative estimate of drug-likeness (QED) is 0.621. The van der Waals surface area contributed by atoms with E-state index in [2.05, 4.69) is 15.6 Å². The van der Waals surface area contributed by atoms with Crippen LogP contribution in [0.3, 0.4) is 0 Å². The molecule has 0 radical (unpaired) electrons. The summed E-state index contributed by atoms with van der Waals surface area (Å²) in [5.41, 5.74) is 0.573. The lowest BCUT2D eigenvalue weighted by atomic mass is 9.87. The van der Waals surface area contributed by atoms with E-state index in [9.17, 15) is 19.8 Å². The van der Waals surface area contributed by atoms with Gasteiger partial charge in [0.2, 0.25) is 5.91 Å². The van der Waals surface area contributed by atoms with Crippen LogP contribution in [-0.4, -0.2) is 55.3 Å². The molecule has 0 aromatic carbocycles. The molecule has 1 aromatic rings. The second kappa shape index (κ2) is 8.91. The molecule has 3 atom stereocenters. The fourth-order valence-corrected chi connectivity index (χ4v) is 3.15. The highest BCUT2D eigenvalue weighted by atomic mass is 16.5. The summed E-state index contributed by atoms with van der Waals surface area (Å²) in [6.45, 7) is 5.12. The van der Waals surface area contributed by atoms with Gasteiger partial charge in [0.15, 0.2) is 0 Å². The Balaban J connectivity index is 2.41. The smallest absolute Gasteiger partial charge is 0.331 e. The number of carbonyl (C=O) groups excluding carboxylic acids is 1. The summed E-state index contributed by atoms with van der Waals surface area (Å²) in [4.78, 5) is 23.3. The molecule has 9 nitrogen and oxygen atoms in total. The van der Waals surface area contributed by atoms with Gasteiger partial charge in [-0.05, 0) is 18.9 Å². The Kier molecular flexibility index (Phi) is 6.87. The van der Waals surface area contributed by atoms with Crippen LogP contribution in [0.15, 0.2) is 17.8 Å². The number of carboxylic acid groups (broad SMARTS) is 1. The van der Waals surface area contributed by atoms with Gasteiger partial charge in [0, 0.05) is 18.9 Å². The molecule has 1 aromatic heterocycles. The van der Waals surface area contributed by atoms with E-state index in [0.29, 0.717) is 5.69 Å². The molecule has 1 heterocycles. The van der Waals surface area contributed by atoms with Gasteiger partial charge in [-0.2, -0.15) is 0 Å². The first-order chi connectivity index (χ1) is 12.4. The van der Waals surface area contributed by atoms with Crippen molar-refractivity contribution in [3.8, 4) is 0 Å². The minimum absolute atomic E-state index is 0.0509. The van der Waals surface area contributed by atoms with E-state index in [1.54, 1.807) is 12.3 Å². The number of aromatic nitrogens is 3. The molecule has 1 aliphatic rings. The maximum absolute atomic E-state index is 11.7. The van der Waals surface area contributed by atoms with Crippen molar-refractivity contribution >= 4 is 11.9 Å². The Morgan fingerprint density at radius 3 is 2.62 bits per heavy atom. The summed E-state index contributed by atoms with van der Waals surface area (Å²) >= 11 is 0. The lowest BCUT2D eigenvalue weighted by Gasteiger charge is -2.37. The number of aliphatic hydroxyl groups excluding tert-OH is 1. The molecule has 0 saturated heterocycles. The Hall–Kier alpha value is -2.26. The lowest BCUT2D eigenvalue weighted by molar-refractivity contribution is -0.133. The number of amides is 1. The number of nitrogens with one attached hydrogen (secondary N) is 1. The molecule has 0 saturated carbocycles. The van der Waals surface area contributed by atoms with Gasteiger partial charge in [0.1, 0.15) is 5.69 Å². The number of hydrogen-bond donors (Lipinski definition) is 3. The van der Waals surface area contributed by atoms with E-state index in [4.69, 9.17) is 4.74 Å². The maximum atomic E-state index is 11.7. The van der Waals surface area contributed by atoms with Gasteiger partial charge < -0.3 is 20.3 Å². The highest BCUT2D eigenvalue weighted by molar-refractivity contribution is 5.87. The first-order valence-electron chi connectivity index (χ1n) is 8.77. The van der Waals surface area contributed by atoms with Crippen LogP contribution >= 0.6 is 0 Å². The highest BCUT2D eigenvalue weighted by Crippen LogP contribution is 2.31. The van der Waals surface area contributed by atoms with Crippen LogP contribution in [0.2, 0.25) is 0 Å². The van der Waals surface area contributed by atoms with Crippen LogP contribution in [0.1, 0.15) is 51.8 Å². The van der Waals surface area contributed by atoms with E-state index in [0.717, 1.165) is 12.8 Å². The number of hydrogen-bond acceptors (Lipinski definition) is 6. The molecule has 0 fully saturated rings. The van der Waals surface area contributed by atoms with Crippen molar-refractivity contribution in [3.63, 3.8) is 0 Å². The van der Waals surface area contributed by atoms with Gasteiger partial charge in [-0.3, -0.25) is 4.79 Å². The van der Waals surface area contributed by atoms with Crippen molar-refractivity contribution in [2.24, 2.45) is 0 Å². The number of aliphatic hydroxyl groups is 1. The fourth-order valence-electron chi connectivity index (χ4n) is 3.15. The number of ether oxygens (including phenoxy) is 1. The third-order valence-corrected chi connectivity index (χ3v) is 4.53. The molecule has 3 N–H and O–H groups in total. The van der Waals surface area contributed by atoms with E-state index in [1.807, 2.05) is 13.8 Å². The van der Waals surface area contributed by atoms with Gasteiger partial charge in [-0.25, -0.2) is 9.48 Å². The normalized spacial score (nSPS) is 23.0. The van der Waals surface area contributed by atoms with Crippen LogP contribution in [0.25, 0.3) is 0 Å². The van der Waals surface area contributed by atoms with Gasteiger partial charge >= 0.3 is 5.97 Å². The average molecular weight is 366 g/mol. The van der Waals surface area contributed by atoms with Crippen LogP contribution in [-0.2, 0) is 20.9 Å². The minimum atomic E-state index is -1.03. The average Bonchev–Trinajstić information content (AvgIpc) is 3.08. The van der Waals surface area contributed by atoms with Crippen molar-refractivity contribution in [1.82, 2.24) is 20.3 Å². The van der Waals surface area contributed by atoms with E-state index >= 15 is 0 Å². The van der Waals surface area contributed by atoms with Crippen LogP contribution in [0.5, 0.6) is 0 Å². The first kappa shape index (κ1) is 20.1. The van der Waals surface area contributed by atoms with Gasteiger partial charge in [0.25, 0.3) is 0 Å². The van der Waals surface area contributed by atoms with Gasteiger partial charge in [-0.15, -0.1) is 5.10 Å². The van der Waals surface area contributed by atoms with Crippen molar-refractivity contribution < 1.29 is 24.5 Å². The number of carbonyl (C=O) groups is 2. The summed E-state index contributed by atoms with van der Waals surface area (Å²) in [7, 11) is 0. The summed E-state index contributed by atoms with van der Waals surface area (Å²) in [6, 6.07) is -0.980. The van der Waals surface area contributed by atoms with E-state index < -0.39 is 24.2 Å². The zero-order valence-electron chi connectivity index (χ0n) is 15.3. The first-order valence-corrected chi connectivity index (χ1v) is 8.77. The third kappa shape index (κ3) is 4.67. The van der Waals surface area contributed by atoms with Crippen LogP contribution in [0, 0.1) is 0 Å². The number of nitrogens with zero attached hydrogens (tertiary/aromatic N) is 3. The van der Waals surface area contributed by atoms with Crippen molar-refractivity contribution in [1.29, 1.82) is 0 Å². The molecule has 2 rings (SSSR count). The van der Waals surface area contributed by atoms with Crippen molar-refractivity contribution in [2.75, 3.05) is 0 Å². The maximum Gasteiger partial charge on any atom is 0.331 e. The van der Waals surface area contributed by atoms with Crippen LogP contribution in [0.4, 0.5) is 0 Å². The Morgan fingerprint density at radius 2 is 2.12 bits per heavy atom. The Morgan fingerprint density at radius 1 is 1.42 bits per heavy atom. The second-order valence-corrected chi connectivity index (χ2v) is 6.38. The summed E-state index contributed by atoms with van der Waals surface area (Å²) < 4.78 is 7.59. The molecule has 0 unspecified atom stereocenters. The molecule has 0 aliphatic heterocycles. The zero-order valence-corrected chi connectivity index (χ0v) is 15.3. The molecular weight excluding hydrogens is 340 g/mol. The van der Waals surface area contributed by atoms with Gasteiger partial charge in [-0.1, -0.05) is 19.1 Å².